The van der Waals surface area contributed by atoms with E-state index in [2.05, 4.69) is 4.36 Å². The zero-order valence-electron chi connectivity index (χ0n) is 22.0. The van der Waals surface area contributed by atoms with Gasteiger partial charge in [0.25, 0.3) is 5.56 Å². The van der Waals surface area contributed by atoms with Crippen LogP contribution in [-0.2, 0) is 27.9 Å². The van der Waals surface area contributed by atoms with E-state index in [4.69, 9.17) is 4.74 Å². The molecule has 0 unspecified atom stereocenters. The van der Waals surface area contributed by atoms with Crippen molar-refractivity contribution in [2.45, 2.75) is 32.8 Å². The van der Waals surface area contributed by atoms with Gasteiger partial charge in [-0.3, -0.25) is 4.79 Å². The minimum absolute atomic E-state index is 0.158. The summed E-state index contributed by atoms with van der Waals surface area (Å²) in [6, 6.07) is 7.63. The molecule has 200 valence electrons. The SMILES string of the molecule is Cn1cc(-c2cc(N=S(C)(C)=O)ccc2N(C(=O)OC(C)(C)C)c2ccc(F)cc2F)c2c(c1=O)CC=C2. The van der Waals surface area contributed by atoms with Crippen LogP contribution in [0.4, 0.5) is 30.6 Å². The van der Waals surface area contributed by atoms with Crippen LogP contribution in [0.25, 0.3) is 17.2 Å². The second kappa shape index (κ2) is 9.83. The van der Waals surface area contributed by atoms with E-state index in [0.717, 1.165) is 17.0 Å². The van der Waals surface area contributed by atoms with Crippen molar-refractivity contribution in [1.29, 1.82) is 0 Å². The van der Waals surface area contributed by atoms with Crippen LogP contribution in [0.15, 0.2) is 57.8 Å². The maximum Gasteiger partial charge on any atom is 0.419 e. The molecule has 0 N–H and O–H groups in total. The van der Waals surface area contributed by atoms with Crippen LogP contribution in [0.2, 0.25) is 0 Å². The number of anilines is 2. The van der Waals surface area contributed by atoms with E-state index < -0.39 is 33.1 Å². The minimum atomic E-state index is -2.54. The van der Waals surface area contributed by atoms with E-state index in [1.807, 2.05) is 12.2 Å². The summed E-state index contributed by atoms with van der Waals surface area (Å²) in [6.45, 7) is 5.03. The summed E-state index contributed by atoms with van der Waals surface area (Å²) in [5, 5.41) is 0. The molecule has 0 saturated carbocycles. The molecule has 0 spiro atoms. The molecule has 0 bridgehead atoms. The maximum absolute atomic E-state index is 15.1. The van der Waals surface area contributed by atoms with Gasteiger partial charge in [0.1, 0.15) is 17.2 Å². The molecule has 1 aliphatic carbocycles. The minimum Gasteiger partial charge on any atom is -0.443 e. The van der Waals surface area contributed by atoms with Crippen molar-refractivity contribution >= 4 is 39.0 Å². The molecule has 0 aliphatic heterocycles. The smallest absolute Gasteiger partial charge is 0.419 e. The second-order valence-electron chi connectivity index (χ2n) is 10.3. The van der Waals surface area contributed by atoms with Gasteiger partial charge in [-0.05, 0) is 63.1 Å². The Morgan fingerprint density at radius 2 is 1.76 bits per heavy atom. The summed E-state index contributed by atoms with van der Waals surface area (Å²) in [7, 11) is -0.921. The van der Waals surface area contributed by atoms with Gasteiger partial charge in [0, 0.05) is 58.2 Å². The molecule has 7 nitrogen and oxygen atoms in total. The van der Waals surface area contributed by atoms with Crippen LogP contribution < -0.4 is 10.5 Å². The number of amides is 1. The molecule has 1 amide bonds. The molecule has 10 heteroatoms. The average Bonchev–Trinajstić information content (AvgIpc) is 3.27. The largest absolute Gasteiger partial charge is 0.443 e. The van der Waals surface area contributed by atoms with Crippen LogP contribution in [0, 0.1) is 11.6 Å². The molecular formula is C28H29F2N3O4S. The van der Waals surface area contributed by atoms with Crippen LogP contribution in [-0.4, -0.2) is 33.0 Å². The fourth-order valence-corrected chi connectivity index (χ4v) is 4.87. The number of rotatable bonds is 4. The number of pyridine rings is 1. The first-order valence-electron chi connectivity index (χ1n) is 11.8. The van der Waals surface area contributed by atoms with Gasteiger partial charge in [0.05, 0.1) is 17.1 Å². The lowest BCUT2D eigenvalue weighted by atomic mass is 9.96. The van der Waals surface area contributed by atoms with E-state index in [9.17, 15) is 18.2 Å². The number of allylic oxidation sites excluding steroid dienone is 1. The van der Waals surface area contributed by atoms with E-state index in [1.165, 1.54) is 17.1 Å². The first-order chi connectivity index (χ1) is 17.6. The summed E-state index contributed by atoms with van der Waals surface area (Å²) >= 11 is 0. The predicted molar refractivity (Wildman–Crippen MR) is 147 cm³/mol. The first-order valence-corrected chi connectivity index (χ1v) is 14.2. The third kappa shape index (κ3) is 5.70. The highest BCUT2D eigenvalue weighted by atomic mass is 32.2. The standard InChI is InChI=1S/C28H29F2N3O4S/c1-28(2,3)37-27(35)33(25-12-10-17(29)14-23(25)30)24-13-11-18(31-38(5,6)36)15-21(24)22-16-32(4)26(34)20-9-7-8-19(20)22/h7-8,10-16H,9H2,1-6H3. The lowest BCUT2D eigenvalue weighted by Gasteiger charge is -2.29. The van der Waals surface area contributed by atoms with Crippen LogP contribution in [0.1, 0.15) is 31.9 Å². The number of fused-ring (bicyclic) bond motifs is 1. The Kier molecular flexibility index (Phi) is 7.05. The van der Waals surface area contributed by atoms with Crippen molar-refractivity contribution in [1.82, 2.24) is 4.57 Å². The molecule has 2 aromatic carbocycles. The highest BCUT2D eigenvalue weighted by molar-refractivity contribution is 7.92. The van der Waals surface area contributed by atoms with Crippen molar-refractivity contribution < 1.29 is 22.5 Å². The van der Waals surface area contributed by atoms with E-state index in [0.29, 0.717) is 40.4 Å². The molecule has 0 fully saturated rings. The highest BCUT2D eigenvalue weighted by Crippen LogP contribution is 2.42. The lowest BCUT2D eigenvalue weighted by molar-refractivity contribution is 0.0598. The Morgan fingerprint density at radius 3 is 2.39 bits per heavy atom. The fraction of sp³-hybridized carbons (Fsp3) is 0.286. The number of nitrogens with zero attached hydrogens (tertiary/aromatic N) is 3. The van der Waals surface area contributed by atoms with Crippen LogP contribution >= 0.6 is 0 Å². The van der Waals surface area contributed by atoms with E-state index in [1.54, 1.807) is 52.2 Å². The number of hydrogen-bond acceptors (Lipinski definition) is 5. The zero-order valence-corrected chi connectivity index (χ0v) is 22.9. The number of benzene rings is 2. The summed E-state index contributed by atoms with van der Waals surface area (Å²) in [4.78, 5) is 27.4. The Labute approximate surface area is 220 Å². The molecule has 0 atom stereocenters. The van der Waals surface area contributed by atoms with Gasteiger partial charge in [-0.25, -0.2) is 22.7 Å². The number of aromatic nitrogens is 1. The molecule has 3 aromatic rings. The monoisotopic (exact) mass is 541 g/mol. The van der Waals surface area contributed by atoms with Crippen molar-refractivity contribution in [3.8, 4) is 11.1 Å². The molecule has 1 heterocycles. The second-order valence-corrected chi connectivity index (χ2v) is 12.9. The quantitative estimate of drug-likeness (QED) is 0.387. The number of halogens is 2. The van der Waals surface area contributed by atoms with Crippen molar-refractivity contribution in [3.63, 3.8) is 0 Å². The Bertz CT molecular complexity index is 1650. The molecule has 1 aliphatic rings. The number of carbonyl (C=O) groups is 1. The summed E-state index contributed by atoms with van der Waals surface area (Å²) in [5.41, 5.74) is 1.51. The van der Waals surface area contributed by atoms with Gasteiger partial charge >= 0.3 is 6.09 Å². The number of ether oxygens (including phenoxy) is 1. The lowest BCUT2D eigenvalue weighted by Crippen LogP contribution is -2.34. The maximum atomic E-state index is 15.1. The summed E-state index contributed by atoms with van der Waals surface area (Å²) < 4.78 is 52.8. The normalized spacial score (nSPS) is 12.8. The van der Waals surface area contributed by atoms with Gasteiger partial charge in [-0.1, -0.05) is 12.2 Å². The summed E-state index contributed by atoms with van der Waals surface area (Å²) in [5.74, 6) is -1.77. The molecule has 1 aromatic heterocycles. The number of aryl methyl sites for hydroxylation is 1. The van der Waals surface area contributed by atoms with Crippen LogP contribution in [0.3, 0.4) is 0 Å². The Morgan fingerprint density at radius 1 is 1.08 bits per heavy atom. The highest BCUT2D eigenvalue weighted by Gasteiger charge is 2.30. The van der Waals surface area contributed by atoms with Crippen molar-refractivity contribution in [2.75, 3.05) is 17.4 Å². The first kappa shape index (κ1) is 27.3. The number of hydrogen-bond donors (Lipinski definition) is 0. The molecule has 0 saturated heterocycles. The van der Waals surface area contributed by atoms with E-state index in [-0.39, 0.29) is 16.9 Å². The zero-order chi connectivity index (χ0) is 28.0. The molecule has 0 radical (unpaired) electrons. The van der Waals surface area contributed by atoms with Crippen molar-refractivity contribution in [3.05, 3.63) is 81.8 Å². The Balaban J connectivity index is 2.08. The fourth-order valence-electron chi connectivity index (χ4n) is 4.25. The number of carbonyl (C=O) groups excluding carboxylic acids is 1. The van der Waals surface area contributed by atoms with Gasteiger partial charge in [-0.2, -0.15) is 4.36 Å². The van der Waals surface area contributed by atoms with Gasteiger partial charge in [0.2, 0.25) is 0 Å². The third-order valence-electron chi connectivity index (χ3n) is 5.69. The van der Waals surface area contributed by atoms with Crippen molar-refractivity contribution in [2.24, 2.45) is 11.4 Å². The average molecular weight is 542 g/mol. The van der Waals surface area contributed by atoms with Crippen LogP contribution in [0.5, 0.6) is 0 Å². The third-order valence-corrected chi connectivity index (χ3v) is 6.34. The summed E-state index contributed by atoms with van der Waals surface area (Å²) in [6.07, 6.45) is 7.85. The Hall–Kier alpha value is -3.79. The molecule has 38 heavy (non-hydrogen) atoms. The van der Waals surface area contributed by atoms with E-state index >= 15 is 4.39 Å². The predicted octanol–water partition coefficient (Wildman–Crippen LogP) is 6.33. The molecular weight excluding hydrogens is 512 g/mol. The van der Waals surface area contributed by atoms with Gasteiger partial charge < -0.3 is 9.30 Å². The van der Waals surface area contributed by atoms with Gasteiger partial charge in [-0.15, -0.1) is 0 Å². The topological polar surface area (TPSA) is 81.0 Å². The van der Waals surface area contributed by atoms with Gasteiger partial charge in [0.15, 0.2) is 0 Å². The molecule has 4 rings (SSSR count).